The van der Waals surface area contributed by atoms with Crippen LogP contribution in [0.1, 0.15) is 26.2 Å². The molecule has 0 bridgehead atoms. The minimum Gasteiger partial charge on any atom is -0.389 e. The van der Waals surface area contributed by atoms with Crippen molar-refractivity contribution in [2.45, 2.75) is 31.8 Å². The van der Waals surface area contributed by atoms with Crippen LogP contribution in [-0.4, -0.2) is 44.2 Å². The Morgan fingerprint density at radius 1 is 1.47 bits per heavy atom. The van der Waals surface area contributed by atoms with Crippen LogP contribution >= 0.6 is 0 Å². The smallest absolute Gasteiger partial charge is 0.0711 e. The third kappa shape index (κ3) is 2.69. The van der Waals surface area contributed by atoms with Crippen LogP contribution in [0, 0.1) is 5.41 Å². The van der Waals surface area contributed by atoms with E-state index in [1.807, 2.05) is 6.92 Å². The molecule has 1 fully saturated rings. The summed E-state index contributed by atoms with van der Waals surface area (Å²) in [6.07, 6.45) is 2.29. The lowest BCUT2D eigenvalue weighted by Crippen LogP contribution is -2.54. The number of hydrogen-bond acceptors (Lipinski definition) is 4. The Morgan fingerprint density at radius 3 is 2.53 bits per heavy atom. The van der Waals surface area contributed by atoms with Gasteiger partial charge in [0, 0.05) is 38.9 Å². The molecule has 3 N–H and O–H groups in total. The van der Waals surface area contributed by atoms with Crippen molar-refractivity contribution in [1.82, 2.24) is 0 Å². The first-order valence-corrected chi connectivity index (χ1v) is 5.57. The van der Waals surface area contributed by atoms with Gasteiger partial charge in [0.05, 0.1) is 5.60 Å². The highest BCUT2D eigenvalue weighted by molar-refractivity contribution is 4.98. The van der Waals surface area contributed by atoms with E-state index in [0.717, 1.165) is 12.8 Å². The average Bonchev–Trinajstić information content (AvgIpc) is 2.27. The topological polar surface area (TPSA) is 64.7 Å². The van der Waals surface area contributed by atoms with Crippen molar-refractivity contribution in [2.75, 3.05) is 33.5 Å². The maximum absolute atomic E-state index is 10.5. The van der Waals surface area contributed by atoms with E-state index in [-0.39, 0.29) is 5.41 Å². The number of methoxy groups -OCH3 is 1. The summed E-state index contributed by atoms with van der Waals surface area (Å²) >= 11 is 0. The molecule has 0 amide bonds. The SMILES string of the molecule is COCCC(C)(O)C1(CN)CCOCC1. The van der Waals surface area contributed by atoms with E-state index in [1.165, 1.54) is 0 Å². The highest BCUT2D eigenvalue weighted by Crippen LogP contribution is 2.41. The minimum absolute atomic E-state index is 0.205. The van der Waals surface area contributed by atoms with E-state index < -0.39 is 5.60 Å². The molecule has 1 aliphatic heterocycles. The molecule has 90 valence electrons. The monoisotopic (exact) mass is 217 g/mol. The Kier molecular flexibility index (Phi) is 4.52. The fourth-order valence-corrected chi connectivity index (χ4v) is 2.29. The van der Waals surface area contributed by atoms with Crippen molar-refractivity contribution >= 4 is 0 Å². The van der Waals surface area contributed by atoms with Crippen molar-refractivity contribution < 1.29 is 14.6 Å². The molecule has 1 rings (SSSR count). The zero-order valence-electron chi connectivity index (χ0n) is 9.79. The van der Waals surface area contributed by atoms with E-state index in [4.69, 9.17) is 15.2 Å². The van der Waals surface area contributed by atoms with E-state index in [9.17, 15) is 5.11 Å². The summed E-state index contributed by atoms with van der Waals surface area (Å²) in [7, 11) is 1.65. The molecule has 0 aromatic heterocycles. The molecule has 1 saturated heterocycles. The van der Waals surface area contributed by atoms with Crippen LogP contribution in [0.4, 0.5) is 0 Å². The summed E-state index contributed by atoms with van der Waals surface area (Å²) < 4.78 is 10.4. The van der Waals surface area contributed by atoms with Crippen molar-refractivity contribution in [3.8, 4) is 0 Å². The standard InChI is InChI=1S/C11H23NO3/c1-10(13,3-6-14-2)11(9-12)4-7-15-8-5-11/h13H,3-9,12H2,1-2H3. The minimum atomic E-state index is -0.762. The van der Waals surface area contributed by atoms with E-state index in [2.05, 4.69) is 0 Å². The molecular formula is C11H23NO3. The van der Waals surface area contributed by atoms with E-state index >= 15 is 0 Å². The number of aliphatic hydroxyl groups is 1. The van der Waals surface area contributed by atoms with Gasteiger partial charge in [-0.25, -0.2) is 0 Å². The number of nitrogens with two attached hydrogens (primary N) is 1. The summed E-state index contributed by atoms with van der Waals surface area (Å²) in [5.74, 6) is 0. The molecule has 0 saturated carbocycles. The lowest BCUT2D eigenvalue weighted by Gasteiger charge is -2.47. The maximum Gasteiger partial charge on any atom is 0.0711 e. The third-order valence-electron chi connectivity index (χ3n) is 3.78. The molecule has 4 nitrogen and oxygen atoms in total. The third-order valence-corrected chi connectivity index (χ3v) is 3.78. The molecule has 0 radical (unpaired) electrons. The van der Waals surface area contributed by atoms with Crippen LogP contribution < -0.4 is 5.73 Å². The van der Waals surface area contributed by atoms with Crippen LogP contribution in [0.2, 0.25) is 0 Å². The van der Waals surface area contributed by atoms with Gasteiger partial charge in [0.25, 0.3) is 0 Å². The molecule has 1 heterocycles. The van der Waals surface area contributed by atoms with Gasteiger partial charge in [-0.05, 0) is 26.2 Å². The van der Waals surface area contributed by atoms with Crippen LogP contribution in [0.15, 0.2) is 0 Å². The summed E-state index contributed by atoms with van der Waals surface area (Å²) in [5.41, 5.74) is 4.87. The van der Waals surface area contributed by atoms with Gasteiger partial charge in [-0.1, -0.05) is 0 Å². The van der Waals surface area contributed by atoms with Crippen LogP contribution in [0.25, 0.3) is 0 Å². The molecule has 0 aromatic carbocycles. The van der Waals surface area contributed by atoms with Crippen molar-refractivity contribution in [1.29, 1.82) is 0 Å². The molecule has 1 unspecified atom stereocenters. The Morgan fingerprint density at radius 2 is 2.07 bits per heavy atom. The summed E-state index contributed by atoms with van der Waals surface area (Å²) in [6.45, 7) is 4.33. The predicted molar refractivity (Wildman–Crippen MR) is 58.7 cm³/mol. The van der Waals surface area contributed by atoms with Gasteiger partial charge in [-0.3, -0.25) is 0 Å². The highest BCUT2D eigenvalue weighted by Gasteiger charge is 2.46. The van der Waals surface area contributed by atoms with Gasteiger partial charge in [0.2, 0.25) is 0 Å². The second-order valence-electron chi connectivity index (χ2n) is 4.61. The first-order valence-electron chi connectivity index (χ1n) is 5.57. The first kappa shape index (κ1) is 12.9. The van der Waals surface area contributed by atoms with Gasteiger partial charge in [0.15, 0.2) is 0 Å². The lowest BCUT2D eigenvalue weighted by molar-refractivity contribution is -0.128. The van der Waals surface area contributed by atoms with Gasteiger partial charge in [-0.2, -0.15) is 0 Å². The Hall–Kier alpha value is -0.160. The first-order chi connectivity index (χ1) is 7.08. The largest absolute Gasteiger partial charge is 0.389 e. The highest BCUT2D eigenvalue weighted by atomic mass is 16.5. The van der Waals surface area contributed by atoms with Crippen molar-refractivity contribution in [3.05, 3.63) is 0 Å². The molecule has 15 heavy (non-hydrogen) atoms. The van der Waals surface area contributed by atoms with Gasteiger partial charge < -0.3 is 20.3 Å². The fraction of sp³-hybridized carbons (Fsp3) is 1.00. The number of rotatable bonds is 5. The molecule has 0 aromatic rings. The van der Waals surface area contributed by atoms with Crippen LogP contribution in [-0.2, 0) is 9.47 Å². The summed E-state index contributed by atoms with van der Waals surface area (Å²) in [4.78, 5) is 0. The Bertz CT molecular complexity index is 188. The lowest BCUT2D eigenvalue weighted by atomic mass is 9.66. The number of ether oxygens (including phenoxy) is 2. The second kappa shape index (κ2) is 5.25. The van der Waals surface area contributed by atoms with E-state index in [0.29, 0.717) is 32.8 Å². The molecule has 1 aliphatic rings. The maximum atomic E-state index is 10.5. The zero-order valence-corrected chi connectivity index (χ0v) is 9.79. The number of hydrogen-bond donors (Lipinski definition) is 2. The zero-order chi connectivity index (χ0) is 11.4. The summed E-state index contributed by atoms with van der Waals surface area (Å²) in [6, 6.07) is 0. The molecule has 0 aliphatic carbocycles. The average molecular weight is 217 g/mol. The molecule has 4 heteroatoms. The van der Waals surface area contributed by atoms with Gasteiger partial charge in [0.1, 0.15) is 0 Å². The van der Waals surface area contributed by atoms with Crippen LogP contribution in [0.5, 0.6) is 0 Å². The predicted octanol–water partition coefficient (Wildman–Crippen LogP) is 0.529. The van der Waals surface area contributed by atoms with Crippen molar-refractivity contribution in [3.63, 3.8) is 0 Å². The molecule has 1 atom stereocenters. The summed E-state index contributed by atoms with van der Waals surface area (Å²) in [5, 5.41) is 10.5. The fourth-order valence-electron chi connectivity index (χ4n) is 2.29. The Labute approximate surface area is 91.7 Å². The van der Waals surface area contributed by atoms with Gasteiger partial charge >= 0.3 is 0 Å². The second-order valence-corrected chi connectivity index (χ2v) is 4.61. The van der Waals surface area contributed by atoms with E-state index in [1.54, 1.807) is 7.11 Å². The van der Waals surface area contributed by atoms with Crippen LogP contribution in [0.3, 0.4) is 0 Å². The van der Waals surface area contributed by atoms with Gasteiger partial charge in [-0.15, -0.1) is 0 Å². The molecular weight excluding hydrogens is 194 g/mol. The quantitative estimate of drug-likeness (QED) is 0.705. The van der Waals surface area contributed by atoms with Crippen molar-refractivity contribution in [2.24, 2.45) is 11.1 Å². The Balaban J connectivity index is 2.69. The normalized spacial score (nSPS) is 24.8. The molecule has 0 spiro atoms.